The standard InChI is InChI=1S/C21H25Cl2N5O3/c1-12(26-21(31)28(3)13-6-8-27(2)9-7-13)14-4-5-15(19(23)18(14)22)16-10-25-17(11-24-16)20(29)30/h4-5,10-13H,6-9H2,1-3H3,(H,26,31)(H,29,30). The van der Waals surface area contributed by atoms with Crippen LogP contribution in [0.2, 0.25) is 10.0 Å². The van der Waals surface area contributed by atoms with Gasteiger partial charge in [-0.15, -0.1) is 0 Å². The average molecular weight is 466 g/mol. The van der Waals surface area contributed by atoms with Gasteiger partial charge >= 0.3 is 12.0 Å². The van der Waals surface area contributed by atoms with E-state index in [2.05, 4.69) is 27.2 Å². The molecule has 2 amide bonds. The summed E-state index contributed by atoms with van der Waals surface area (Å²) in [5.41, 5.74) is 1.45. The number of halogens is 2. The lowest BCUT2D eigenvalue weighted by Gasteiger charge is -2.35. The molecule has 1 aromatic carbocycles. The van der Waals surface area contributed by atoms with Gasteiger partial charge in [0, 0.05) is 18.7 Å². The summed E-state index contributed by atoms with van der Waals surface area (Å²) in [6.45, 7) is 3.78. The van der Waals surface area contributed by atoms with Crippen molar-refractivity contribution in [3.8, 4) is 11.3 Å². The van der Waals surface area contributed by atoms with Gasteiger partial charge in [-0.2, -0.15) is 0 Å². The normalized spacial score (nSPS) is 16.0. The molecule has 0 radical (unpaired) electrons. The van der Waals surface area contributed by atoms with Crippen LogP contribution in [0.15, 0.2) is 24.5 Å². The second kappa shape index (κ2) is 9.80. The highest BCUT2D eigenvalue weighted by molar-refractivity contribution is 6.44. The van der Waals surface area contributed by atoms with Gasteiger partial charge in [0.15, 0.2) is 5.69 Å². The maximum atomic E-state index is 12.7. The molecule has 1 aliphatic rings. The molecular formula is C21H25Cl2N5O3. The molecule has 0 saturated carbocycles. The zero-order chi connectivity index (χ0) is 22.7. The van der Waals surface area contributed by atoms with E-state index in [4.69, 9.17) is 28.3 Å². The number of hydrogen-bond donors (Lipinski definition) is 2. The van der Waals surface area contributed by atoms with Gasteiger partial charge in [0.05, 0.1) is 34.2 Å². The Balaban J connectivity index is 1.73. The van der Waals surface area contributed by atoms with Gasteiger partial charge in [0.25, 0.3) is 0 Å². The minimum absolute atomic E-state index is 0.159. The summed E-state index contributed by atoms with van der Waals surface area (Å²) >= 11 is 13.0. The predicted molar refractivity (Wildman–Crippen MR) is 120 cm³/mol. The molecule has 10 heteroatoms. The van der Waals surface area contributed by atoms with Gasteiger partial charge in [-0.05, 0) is 45.5 Å². The van der Waals surface area contributed by atoms with Gasteiger partial charge in [-0.1, -0.05) is 35.3 Å². The van der Waals surface area contributed by atoms with Crippen molar-refractivity contribution in [2.45, 2.75) is 31.8 Å². The van der Waals surface area contributed by atoms with Crippen LogP contribution in [0, 0.1) is 0 Å². The van der Waals surface area contributed by atoms with E-state index >= 15 is 0 Å². The zero-order valence-corrected chi connectivity index (χ0v) is 19.1. The number of carbonyl (C=O) groups excluding carboxylic acids is 1. The fraction of sp³-hybridized carbons (Fsp3) is 0.429. The Kier molecular flexibility index (Phi) is 7.35. The van der Waals surface area contributed by atoms with E-state index in [-0.39, 0.29) is 28.8 Å². The Morgan fingerprint density at radius 3 is 2.45 bits per heavy atom. The minimum atomic E-state index is -1.16. The van der Waals surface area contributed by atoms with Gasteiger partial charge in [0.1, 0.15) is 0 Å². The quantitative estimate of drug-likeness (QED) is 0.693. The number of aromatic carboxylic acids is 1. The molecule has 1 fully saturated rings. The van der Waals surface area contributed by atoms with Crippen LogP contribution in [0.4, 0.5) is 4.79 Å². The first-order chi connectivity index (χ1) is 14.7. The number of carbonyl (C=O) groups is 2. The smallest absolute Gasteiger partial charge is 0.356 e. The molecule has 0 aliphatic carbocycles. The Bertz CT molecular complexity index is 962. The van der Waals surface area contributed by atoms with E-state index in [0.717, 1.165) is 32.1 Å². The highest BCUT2D eigenvalue weighted by Gasteiger charge is 2.26. The van der Waals surface area contributed by atoms with Gasteiger partial charge < -0.3 is 20.2 Å². The fourth-order valence-corrected chi connectivity index (χ4v) is 4.18. The number of nitrogens with zero attached hydrogens (tertiary/aromatic N) is 4. The SMILES string of the molecule is CC(NC(=O)N(C)C1CCN(C)CC1)c1ccc(-c2cnc(C(=O)O)cn2)c(Cl)c1Cl. The van der Waals surface area contributed by atoms with Crippen LogP contribution in [-0.2, 0) is 0 Å². The van der Waals surface area contributed by atoms with Crippen LogP contribution in [0.3, 0.4) is 0 Å². The monoisotopic (exact) mass is 465 g/mol. The molecule has 1 aromatic heterocycles. The summed E-state index contributed by atoms with van der Waals surface area (Å²) in [7, 11) is 3.90. The van der Waals surface area contributed by atoms with Crippen molar-refractivity contribution >= 4 is 35.2 Å². The molecule has 2 aromatic rings. The lowest BCUT2D eigenvalue weighted by Crippen LogP contribution is -2.48. The molecule has 1 atom stereocenters. The summed E-state index contributed by atoms with van der Waals surface area (Å²) in [5, 5.41) is 12.5. The minimum Gasteiger partial charge on any atom is -0.476 e. The fourth-order valence-electron chi connectivity index (χ4n) is 3.59. The molecule has 166 valence electrons. The van der Waals surface area contributed by atoms with Crippen LogP contribution in [0.5, 0.6) is 0 Å². The third kappa shape index (κ3) is 5.26. The maximum absolute atomic E-state index is 12.7. The summed E-state index contributed by atoms with van der Waals surface area (Å²) < 4.78 is 0. The largest absolute Gasteiger partial charge is 0.476 e. The number of nitrogens with one attached hydrogen (secondary N) is 1. The summed E-state index contributed by atoms with van der Waals surface area (Å²) in [5.74, 6) is -1.16. The molecule has 0 bridgehead atoms. The maximum Gasteiger partial charge on any atom is 0.356 e. The summed E-state index contributed by atoms with van der Waals surface area (Å²) in [4.78, 5) is 35.7. The molecule has 3 rings (SSSR count). The van der Waals surface area contributed by atoms with Crippen molar-refractivity contribution < 1.29 is 14.7 Å². The predicted octanol–water partition coefficient (Wildman–Crippen LogP) is 3.95. The van der Waals surface area contributed by atoms with E-state index in [9.17, 15) is 9.59 Å². The number of carboxylic acid groups (broad SMARTS) is 1. The number of aromatic nitrogens is 2. The first-order valence-corrected chi connectivity index (χ1v) is 10.7. The topological polar surface area (TPSA) is 98.7 Å². The lowest BCUT2D eigenvalue weighted by molar-refractivity contribution is 0.0690. The van der Waals surface area contributed by atoms with Crippen LogP contribution in [-0.4, -0.2) is 70.1 Å². The molecule has 8 nitrogen and oxygen atoms in total. The van der Waals surface area contributed by atoms with Crippen LogP contribution < -0.4 is 5.32 Å². The molecule has 1 saturated heterocycles. The number of carboxylic acids is 1. The molecule has 2 heterocycles. The molecular weight excluding hydrogens is 441 g/mol. The van der Waals surface area contributed by atoms with Crippen LogP contribution in [0.25, 0.3) is 11.3 Å². The number of urea groups is 1. The van der Waals surface area contributed by atoms with Gasteiger partial charge in [-0.25, -0.2) is 14.6 Å². The Morgan fingerprint density at radius 2 is 1.87 bits per heavy atom. The van der Waals surface area contributed by atoms with E-state index < -0.39 is 5.97 Å². The third-order valence-corrected chi connectivity index (χ3v) is 6.52. The van der Waals surface area contributed by atoms with Gasteiger partial charge in [-0.3, -0.25) is 4.98 Å². The highest BCUT2D eigenvalue weighted by Crippen LogP contribution is 2.37. The Labute approximate surface area is 191 Å². The lowest BCUT2D eigenvalue weighted by atomic mass is 10.0. The second-order valence-corrected chi connectivity index (χ2v) is 8.49. The summed E-state index contributed by atoms with van der Waals surface area (Å²) in [6.07, 6.45) is 4.38. The first-order valence-electron chi connectivity index (χ1n) is 9.94. The van der Waals surface area contributed by atoms with E-state index in [1.165, 1.54) is 6.20 Å². The number of benzene rings is 1. The highest BCUT2D eigenvalue weighted by atomic mass is 35.5. The molecule has 0 spiro atoms. The molecule has 1 aliphatic heterocycles. The Hall–Kier alpha value is -2.42. The van der Waals surface area contributed by atoms with Crippen LogP contribution >= 0.6 is 23.2 Å². The number of likely N-dealkylation sites (tertiary alicyclic amines) is 1. The number of piperidine rings is 1. The van der Waals surface area contributed by atoms with E-state index in [1.807, 2.05) is 14.0 Å². The van der Waals surface area contributed by atoms with Crippen molar-refractivity contribution in [3.05, 3.63) is 45.8 Å². The van der Waals surface area contributed by atoms with Crippen molar-refractivity contribution in [2.75, 3.05) is 27.2 Å². The molecule has 31 heavy (non-hydrogen) atoms. The van der Waals surface area contributed by atoms with Crippen LogP contribution in [0.1, 0.15) is 41.9 Å². The van der Waals surface area contributed by atoms with E-state index in [0.29, 0.717) is 21.8 Å². The summed E-state index contributed by atoms with van der Waals surface area (Å²) in [6, 6.07) is 3.19. The molecule has 1 unspecified atom stereocenters. The van der Waals surface area contributed by atoms with Crippen molar-refractivity contribution in [1.29, 1.82) is 0 Å². The zero-order valence-electron chi connectivity index (χ0n) is 17.6. The second-order valence-electron chi connectivity index (χ2n) is 7.74. The van der Waals surface area contributed by atoms with Crippen molar-refractivity contribution in [3.63, 3.8) is 0 Å². The molecule has 2 N–H and O–H groups in total. The number of amides is 2. The van der Waals surface area contributed by atoms with Gasteiger partial charge in [0.2, 0.25) is 0 Å². The average Bonchev–Trinajstić information content (AvgIpc) is 2.75. The number of rotatable bonds is 5. The third-order valence-electron chi connectivity index (χ3n) is 5.62. The Morgan fingerprint density at radius 1 is 1.19 bits per heavy atom. The number of hydrogen-bond acceptors (Lipinski definition) is 5. The van der Waals surface area contributed by atoms with Crippen molar-refractivity contribution in [1.82, 2.24) is 25.1 Å². The van der Waals surface area contributed by atoms with E-state index in [1.54, 1.807) is 17.0 Å². The first kappa shape index (κ1) is 23.2. The van der Waals surface area contributed by atoms with Crippen molar-refractivity contribution in [2.24, 2.45) is 0 Å².